The van der Waals surface area contributed by atoms with Gasteiger partial charge < -0.3 is 10.5 Å². The molecule has 0 spiro atoms. The Morgan fingerprint density at radius 3 is 2.62 bits per heavy atom. The first-order valence-corrected chi connectivity index (χ1v) is 6.76. The van der Waals surface area contributed by atoms with Crippen molar-refractivity contribution in [1.29, 1.82) is 0 Å². The first kappa shape index (κ1) is 13.1. The summed E-state index contributed by atoms with van der Waals surface area (Å²) >= 11 is 4.86. The predicted octanol–water partition coefficient (Wildman–Crippen LogP) is 0.840. The van der Waals surface area contributed by atoms with E-state index in [0.717, 1.165) is 0 Å². The van der Waals surface area contributed by atoms with E-state index in [1.165, 1.54) is 7.11 Å². The minimum absolute atomic E-state index is 0.117. The number of rotatable bonds is 5. The number of hydrogen-bond acceptors (Lipinski definition) is 4. The van der Waals surface area contributed by atoms with E-state index in [9.17, 15) is 8.42 Å². The smallest absolute Gasteiger partial charge is 0.178 e. The van der Waals surface area contributed by atoms with Gasteiger partial charge in [0.15, 0.2) is 9.84 Å². The second-order valence-corrected chi connectivity index (χ2v) is 5.77. The Kier molecular flexibility index (Phi) is 4.40. The number of nitrogens with two attached hydrogens (primary N) is 1. The van der Waals surface area contributed by atoms with Crippen LogP contribution in [0.4, 0.5) is 0 Å². The molecule has 1 aromatic rings. The molecule has 0 aliphatic heterocycles. The fourth-order valence-corrected chi connectivity index (χ4v) is 2.71. The topological polar surface area (TPSA) is 69.4 Å². The predicted molar refractivity (Wildman–Crippen MR) is 66.8 cm³/mol. The Hall–Kier alpha value is -0.980. The summed E-state index contributed by atoms with van der Waals surface area (Å²) in [5, 5.41) is 0. The standard InChI is InChI=1S/C10H13NO3S2/c1-14-7-16(12,13)6-8-4-2-3-5-9(8)10(11)15/h2-5H,6-7H2,1H3,(H2,11,15). The number of methoxy groups -OCH3 is 1. The Balaban J connectivity index is 3.02. The minimum Gasteiger partial charge on any atom is -0.389 e. The van der Waals surface area contributed by atoms with Crippen LogP contribution in [0.2, 0.25) is 0 Å². The van der Waals surface area contributed by atoms with E-state index >= 15 is 0 Å². The number of benzene rings is 1. The van der Waals surface area contributed by atoms with E-state index in [1.54, 1.807) is 24.3 Å². The monoisotopic (exact) mass is 259 g/mol. The van der Waals surface area contributed by atoms with Crippen molar-refractivity contribution in [1.82, 2.24) is 0 Å². The summed E-state index contributed by atoms with van der Waals surface area (Å²) < 4.78 is 27.8. The lowest BCUT2D eigenvalue weighted by molar-refractivity contribution is 0.249. The molecule has 0 heterocycles. The van der Waals surface area contributed by atoms with Crippen molar-refractivity contribution in [3.05, 3.63) is 35.4 Å². The van der Waals surface area contributed by atoms with Gasteiger partial charge in [0.05, 0.1) is 5.75 Å². The molecule has 0 unspecified atom stereocenters. The van der Waals surface area contributed by atoms with Crippen molar-refractivity contribution in [2.24, 2.45) is 5.73 Å². The van der Waals surface area contributed by atoms with Gasteiger partial charge in [-0.3, -0.25) is 0 Å². The van der Waals surface area contributed by atoms with Gasteiger partial charge in [-0.15, -0.1) is 0 Å². The molecule has 0 saturated heterocycles. The number of thiocarbonyl (C=S) groups is 1. The van der Waals surface area contributed by atoms with Crippen LogP contribution in [0.1, 0.15) is 11.1 Å². The first-order valence-electron chi connectivity index (χ1n) is 4.53. The van der Waals surface area contributed by atoms with Crippen molar-refractivity contribution in [2.45, 2.75) is 5.75 Å². The molecule has 0 aromatic heterocycles. The molecule has 0 fully saturated rings. The highest BCUT2D eigenvalue weighted by atomic mass is 32.2. The summed E-state index contributed by atoms with van der Waals surface area (Å²) in [6.07, 6.45) is 0. The molecule has 6 heteroatoms. The van der Waals surface area contributed by atoms with Gasteiger partial charge in [0, 0.05) is 12.7 Å². The maximum atomic E-state index is 11.6. The highest BCUT2D eigenvalue weighted by molar-refractivity contribution is 7.90. The van der Waals surface area contributed by atoms with E-state index in [2.05, 4.69) is 4.74 Å². The van der Waals surface area contributed by atoms with Crippen LogP contribution in [0.15, 0.2) is 24.3 Å². The molecule has 0 radical (unpaired) electrons. The normalized spacial score (nSPS) is 11.3. The van der Waals surface area contributed by atoms with Crippen LogP contribution < -0.4 is 5.73 Å². The minimum atomic E-state index is -3.28. The van der Waals surface area contributed by atoms with Gasteiger partial charge in [0.25, 0.3) is 0 Å². The molecule has 88 valence electrons. The Morgan fingerprint density at radius 2 is 2.06 bits per heavy atom. The summed E-state index contributed by atoms with van der Waals surface area (Å²) in [5.41, 5.74) is 6.71. The van der Waals surface area contributed by atoms with Crippen LogP contribution in [0, 0.1) is 0 Å². The highest BCUT2D eigenvalue weighted by Gasteiger charge is 2.14. The zero-order valence-corrected chi connectivity index (χ0v) is 10.5. The van der Waals surface area contributed by atoms with Crippen molar-refractivity contribution in [2.75, 3.05) is 13.0 Å². The molecular formula is C10H13NO3S2. The molecule has 0 atom stereocenters. The Labute approximate surface area is 100 Å². The van der Waals surface area contributed by atoms with E-state index in [-0.39, 0.29) is 16.7 Å². The highest BCUT2D eigenvalue weighted by Crippen LogP contribution is 2.13. The van der Waals surface area contributed by atoms with Crippen molar-refractivity contribution < 1.29 is 13.2 Å². The van der Waals surface area contributed by atoms with Gasteiger partial charge in [-0.1, -0.05) is 36.5 Å². The molecule has 0 bridgehead atoms. The summed E-state index contributed by atoms with van der Waals surface area (Å²) in [4.78, 5) is 0.197. The van der Waals surface area contributed by atoms with Gasteiger partial charge in [0.2, 0.25) is 0 Å². The summed E-state index contributed by atoms with van der Waals surface area (Å²) in [6, 6.07) is 6.92. The second kappa shape index (κ2) is 5.38. The van der Waals surface area contributed by atoms with E-state index in [0.29, 0.717) is 11.1 Å². The molecule has 16 heavy (non-hydrogen) atoms. The lowest BCUT2D eigenvalue weighted by atomic mass is 10.1. The molecule has 0 aliphatic rings. The number of ether oxygens (including phenoxy) is 1. The summed E-state index contributed by atoms with van der Waals surface area (Å²) in [7, 11) is -1.93. The summed E-state index contributed by atoms with van der Waals surface area (Å²) in [5.74, 6) is -0.424. The zero-order chi connectivity index (χ0) is 12.2. The lowest BCUT2D eigenvalue weighted by Gasteiger charge is -2.08. The fourth-order valence-electron chi connectivity index (χ4n) is 1.34. The van der Waals surface area contributed by atoms with E-state index in [1.807, 2.05) is 0 Å². The fraction of sp³-hybridized carbons (Fsp3) is 0.300. The Morgan fingerprint density at radius 1 is 1.44 bits per heavy atom. The molecule has 0 aliphatic carbocycles. The van der Waals surface area contributed by atoms with Gasteiger partial charge in [-0.25, -0.2) is 8.42 Å². The Bertz CT molecular complexity index is 483. The van der Waals surface area contributed by atoms with Crippen LogP contribution >= 0.6 is 12.2 Å². The van der Waals surface area contributed by atoms with Gasteiger partial charge in [0.1, 0.15) is 10.9 Å². The molecule has 0 saturated carbocycles. The average Bonchev–Trinajstić information content (AvgIpc) is 2.17. The van der Waals surface area contributed by atoms with Gasteiger partial charge in [-0.05, 0) is 5.56 Å². The first-order chi connectivity index (χ1) is 7.46. The maximum absolute atomic E-state index is 11.6. The second-order valence-electron chi connectivity index (χ2n) is 3.32. The third kappa shape index (κ3) is 3.55. The van der Waals surface area contributed by atoms with Crippen LogP contribution in [0.5, 0.6) is 0 Å². The van der Waals surface area contributed by atoms with Crippen molar-refractivity contribution in [3.8, 4) is 0 Å². The third-order valence-electron chi connectivity index (χ3n) is 1.96. The van der Waals surface area contributed by atoms with Crippen LogP contribution in [0.3, 0.4) is 0 Å². The SMILES string of the molecule is COCS(=O)(=O)Cc1ccccc1C(N)=S. The van der Waals surface area contributed by atoms with Crippen LogP contribution in [-0.4, -0.2) is 26.5 Å². The molecule has 4 nitrogen and oxygen atoms in total. The number of sulfone groups is 1. The van der Waals surface area contributed by atoms with E-state index in [4.69, 9.17) is 18.0 Å². The van der Waals surface area contributed by atoms with Crippen molar-refractivity contribution >= 4 is 27.0 Å². The molecule has 0 amide bonds. The quantitative estimate of drug-likeness (QED) is 0.794. The molecule has 1 aromatic carbocycles. The molecular weight excluding hydrogens is 246 g/mol. The van der Waals surface area contributed by atoms with Crippen molar-refractivity contribution in [3.63, 3.8) is 0 Å². The van der Waals surface area contributed by atoms with Gasteiger partial charge in [-0.2, -0.15) is 0 Å². The molecule has 2 N–H and O–H groups in total. The van der Waals surface area contributed by atoms with Crippen LogP contribution in [0.25, 0.3) is 0 Å². The number of hydrogen-bond donors (Lipinski definition) is 1. The average molecular weight is 259 g/mol. The zero-order valence-electron chi connectivity index (χ0n) is 8.84. The summed E-state index contributed by atoms with van der Waals surface area (Å²) in [6.45, 7) is 0. The maximum Gasteiger partial charge on any atom is 0.178 e. The van der Waals surface area contributed by atoms with Gasteiger partial charge >= 0.3 is 0 Å². The lowest BCUT2D eigenvalue weighted by Crippen LogP contribution is -2.16. The van der Waals surface area contributed by atoms with Crippen LogP contribution in [-0.2, 0) is 20.3 Å². The third-order valence-corrected chi connectivity index (χ3v) is 3.52. The molecule has 1 rings (SSSR count). The largest absolute Gasteiger partial charge is 0.389 e. The van der Waals surface area contributed by atoms with E-state index < -0.39 is 9.84 Å².